The average molecular weight is 496 g/mol. The van der Waals surface area contributed by atoms with Crippen LogP contribution >= 0.6 is 7.37 Å². The van der Waals surface area contributed by atoms with Gasteiger partial charge in [0.1, 0.15) is 23.9 Å². The summed E-state index contributed by atoms with van der Waals surface area (Å²) in [7, 11) is -3.13. The van der Waals surface area contributed by atoms with Crippen molar-refractivity contribution in [2.75, 3.05) is 24.9 Å². The lowest BCUT2D eigenvalue weighted by Gasteiger charge is -2.22. The number of benzene rings is 2. The number of hydrogen-bond acceptors (Lipinski definition) is 8. The molecule has 0 saturated carbocycles. The Morgan fingerprint density at radius 2 is 1.77 bits per heavy atom. The Bertz CT molecular complexity index is 1250. The lowest BCUT2D eigenvalue weighted by Crippen LogP contribution is -2.19. The van der Waals surface area contributed by atoms with Gasteiger partial charge < -0.3 is 24.3 Å². The van der Waals surface area contributed by atoms with Gasteiger partial charge in [-0.25, -0.2) is 15.0 Å². The van der Waals surface area contributed by atoms with Crippen LogP contribution in [0.5, 0.6) is 5.75 Å². The number of rotatable bonds is 13. The molecule has 4 rings (SSSR count). The number of para-hydroxylation sites is 1. The van der Waals surface area contributed by atoms with E-state index in [1.165, 1.54) is 6.33 Å². The van der Waals surface area contributed by atoms with Crippen molar-refractivity contribution in [2.24, 2.45) is 0 Å². The first-order valence-corrected chi connectivity index (χ1v) is 13.5. The summed E-state index contributed by atoms with van der Waals surface area (Å²) in [4.78, 5) is 12.5. The molecule has 0 radical (unpaired) electrons. The van der Waals surface area contributed by atoms with Gasteiger partial charge in [-0.1, -0.05) is 48.5 Å². The standard InChI is InChI=1S/C25H30N5O4P/c1-20(15-30-18-29-23-24(26)27-17-28-25(23)30)33-19-35(31,34-22-11-6-3-7-12-22)14-8-13-32-16-21-9-4-2-5-10-21/h2-7,9-12,17-18,20H,8,13-16,19H2,1H3,(H2,26,27,28)/t20-,35?/m1/s1. The Balaban J connectivity index is 1.33. The summed E-state index contributed by atoms with van der Waals surface area (Å²) >= 11 is 0. The number of nitrogen functional groups attached to an aromatic ring is 1. The summed E-state index contributed by atoms with van der Waals surface area (Å²) in [6.07, 6.45) is 3.73. The Hall–Kier alpha value is -3.26. The summed E-state index contributed by atoms with van der Waals surface area (Å²) in [6, 6.07) is 19.1. The number of fused-ring (bicyclic) bond motifs is 1. The van der Waals surface area contributed by atoms with Crippen LogP contribution < -0.4 is 10.3 Å². The molecule has 1 unspecified atom stereocenters. The second-order valence-corrected chi connectivity index (χ2v) is 10.8. The lowest BCUT2D eigenvalue weighted by atomic mass is 10.2. The minimum absolute atomic E-state index is 0.00843. The Morgan fingerprint density at radius 1 is 1.03 bits per heavy atom. The largest absolute Gasteiger partial charge is 0.441 e. The van der Waals surface area contributed by atoms with E-state index in [0.29, 0.717) is 55.1 Å². The highest BCUT2D eigenvalue weighted by atomic mass is 31.2. The van der Waals surface area contributed by atoms with E-state index >= 15 is 0 Å². The van der Waals surface area contributed by atoms with Crippen LogP contribution in [0.4, 0.5) is 5.82 Å². The molecule has 2 N–H and O–H groups in total. The third-order valence-corrected chi connectivity index (χ3v) is 7.44. The van der Waals surface area contributed by atoms with Gasteiger partial charge in [0.2, 0.25) is 0 Å². The van der Waals surface area contributed by atoms with Crippen LogP contribution in [0.3, 0.4) is 0 Å². The number of anilines is 1. The average Bonchev–Trinajstić information content (AvgIpc) is 3.28. The van der Waals surface area contributed by atoms with Crippen LogP contribution in [-0.2, 0) is 27.2 Å². The number of hydrogen-bond donors (Lipinski definition) is 1. The Labute approximate surface area is 204 Å². The van der Waals surface area contributed by atoms with Crippen molar-refractivity contribution in [1.82, 2.24) is 19.5 Å². The molecular weight excluding hydrogens is 465 g/mol. The van der Waals surface area contributed by atoms with E-state index < -0.39 is 7.37 Å². The molecule has 2 heterocycles. The first-order chi connectivity index (χ1) is 17.0. The predicted octanol–water partition coefficient (Wildman–Crippen LogP) is 4.74. The van der Waals surface area contributed by atoms with E-state index in [2.05, 4.69) is 15.0 Å². The van der Waals surface area contributed by atoms with E-state index in [0.717, 1.165) is 5.56 Å². The molecule has 0 amide bonds. The zero-order valence-corrected chi connectivity index (χ0v) is 20.6. The first-order valence-electron chi connectivity index (χ1n) is 11.5. The van der Waals surface area contributed by atoms with Crippen molar-refractivity contribution in [3.05, 3.63) is 78.9 Å². The molecule has 35 heavy (non-hydrogen) atoms. The monoisotopic (exact) mass is 495 g/mol. The first kappa shape index (κ1) is 24.9. The van der Waals surface area contributed by atoms with Gasteiger partial charge in [0.05, 0.1) is 25.6 Å². The van der Waals surface area contributed by atoms with Gasteiger partial charge in [0.25, 0.3) is 7.37 Å². The van der Waals surface area contributed by atoms with Crippen LogP contribution in [0.15, 0.2) is 73.3 Å². The molecule has 2 aromatic carbocycles. The van der Waals surface area contributed by atoms with Crippen molar-refractivity contribution in [2.45, 2.75) is 32.6 Å². The minimum atomic E-state index is -3.13. The fraction of sp³-hybridized carbons (Fsp3) is 0.320. The SMILES string of the molecule is C[C@H](Cn1cnc2c(N)ncnc21)OCP(=O)(CCCOCc1ccccc1)Oc1ccccc1. The number of nitrogens with two attached hydrogens (primary N) is 1. The van der Waals surface area contributed by atoms with Gasteiger partial charge in [-0.3, -0.25) is 4.57 Å². The molecule has 9 nitrogen and oxygen atoms in total. The van der Waals surface area contributed by atoms with Crippen molar-refractivity contribution in [3.8, 4) is 5.75 Å². The van der Waals surface area contributed by atoms with Crippen LogP contribution in [-0.4, -0.2) is 44.7 Å². The molecule has 0 spiro atoms. The zero-order chi connectivity index (χ0) is 24.5. The molecule has 2 atom stereocenters. The fourth-order valence-electron chi connectivity index (χ4n) is 3.58. The van der Waals surface area contributed by atoms with Crippen molar-refractivity contribution < 1.29 is 18.6 Å². The quantitative estimate of drug-likeness (QED) is 0.209. The van der Waals surface area contributed by atoms with Crippen LogP contribution in [0.2, 0.25) is 0 Å². The van der Waals surface area contributed by atoms with E-state index in [1.54, 1.807) is 18.5 Å². The second kappa shape index (κ2) is 11.9. The van der Waals surface area contributed by atoms with Gasteiger partial charge in [0.15, 0.2) is 11.5 Å². The van der Waals surface area contributed by atoms with Gasteiger partial charge in [-0.15, -0.1) is 0 Å². The van der Waals surface area contributed by atoms with Crippen LogP contribution in [0.25, 0.3) is 11.2 Å². The van der Waals surface area contributed by atoms with Crippen molar-refractivity contribution in [3.63, 3.8) is 0 Å². The smallest absolute Gasteiger partial charge is 0.272 e. The Kier molecular flexibility index (Phi) is 8.47. The highest BCUT2D eigenvalue weighted by molar-refractivity contribution is 7.59. The van der Waals surface area contributed by atoms with E-state index in [-0.39, 0.29) is 12.5 Å². The molecule has 0 aliphatic rings. The highest BCUT2D eigenvalue weighted by Crippen LogP contribution is 2.48. The van der Waals surface area contributed by atoms with E-state index in [4.69, 9.17) is 19.7 Å². The maximum absolute atomic E-state index is 13.7. The summed E-state index contributed by atoms with van der Waals surface area (Å²) in [5, 5.41) is 0. The van der Waals surface area contributed by atoms with Gasteiger partial charge in [-0.05, 0) is 31.0 Å². The van der Waals surface area contributed by atoms with Gasteiger partial charge in [0, 0.05) is 12.8 Å². The molecule has 0 saturated heterocycles. The van der Waals surface area contributed by atoms with Crippen LogP contribution in [0.1, 0.15) is 18.9 Å². The lowest BCUT2D eigenvalue weighted by molar-refractivity contribution is 0.0825. The van der Waals surface area contributed by atoms with Crippen LogP contribution in [0, 0.1) is 0 Å². The number of imidazole rings is 1. The molecule has 0 aliphatic heterocycles. The number of aromatic nitrogens is 4. The molecule has 0 fully saturated rings. The fourth-order valence-corrected chi connectivity index (χ4v) is 5.46. The normalized spacial score (nSPS) is 14.0. The molecule has 4 aromatic rings. The second-order valence-electron chi connectivity index (χ2n) is 8.27. The zero-order valence-electron chi connectivity index (χ0n) is 19.7. The number of nitrogens with zero attached hydrogens (tertiary/aromatic N) is 4. The maximum Gasteiger partial charge on any atom is 0.272 e. The predicted molar refractivity (Wildman–Crippen MR) is 135 cm³/mol. The van der Waals surface area contributed by atoms with Gasteiger partial charge >= 0.3 is 0 Å². The topological polar surface area (TPSA) is 114 Å². The summed E-state index contributed by atoms with van der Waals surface area (Å²) in [5.74, 6) is 0.891. The molecule has 2 aromatic heterocycles. The maximum atomic E-state index is 13.7. The van der Waals surface area contributed by atoms with Gasteiger partial charge in [-0.2, -0.15) is 0 Å². The van der Waals surface area contributed by atoms with E-state index in [1.807, 2.05) is 60.0 Å². The molecular formula is C25H30N5O4P. The highest BCUT2D eigenvalue weighted by Gasteiger charge is 2.26. The van der Waals surface area contributed by atoms with Crippen molar-refractivity contribution >= 4 is 24.4 Å². The summed E-state index contributed by atoms with van der Waals surface area (Å²) < 4.78 is 33.3. The minimum Gasteiger partial charge on any atom is -0.441 e. The third kappa shape index (κ3) is 7.11. The number of ether oxygens (including phenoxy) is 2. The molecule has 10 heteroatoms. The van der Waals surface area contributed by atoms with Crippen molar-refractivity contribution in [1.29, 1.82) is 0 Å². The Morgan fingerprint density at radius 3 is 2.54 bits per heavy atom. The third-order valence-electron chi connectivity index (χ3n) is 5.35. The molecule has 184 valence electrons. The summed E-state index contributed by atoms with van der Waals surface area (Å²) in [6.45, 7) is 3.38. The molecule has 0 aliphatic carbocycles. The summed E-state index contributed by atoms with van der Waals surface area (Å²) in [5.41, 5.74) is 8.15. The van der Waals surface area contributed by atoms with E-state index in [9.17, 15) is 4.57 Å². The molecule has 0 bridgehead atoms.